The van der Waals surface area contributed by atoms with Crippen LogP contribution < -0.4 is 19.5 Å². The van der Waals surface area contributed by atoms with E-state index < -0.39 is 11.9 Å². The minimum Gasteiger partial charge on any atom is -0.490 e. The molecule has 1 amide bonds. The Labute approximate surface area is 217 Å². The van der Waals surface area contributed by atoms with Gasteiger partial charge < -0.3 is 23.9 Å². The van der Waals surface area contributed by atoms with Crippen LogP contribution in [0.1, 0.15) is 30.7 Å². The van der Waals surface area contributed by atoms with Crippen molar-refractivity contribution in [1.29, 1.82) is 5.26 Å². The zero-order chi connectivity index (χ0) is 25.9. The molecule has 2 aromatic carbocycles. The summed E-state index contributed by atoms with van der Waals surface area (Å²) in [6.07, 6.45) is 3.68. The van der Waals surface area contributed by atoms with Crippen LogP contribution in [0, 0.1) is 11.3 Å². The van der Waals surface area contributed by atoms with Crippen molar-refractivity contribution >= 4 is 33.9 Å². The van der Waals surface area contributed by atoms with Crippen LogP contribution in [0.3, 0.4) is 0 Å². The van der Waals surface area contributed by atoms with Gasteiger partial charge in [-0.2, -0.15) is 5.26 Å². The Morgan fingerprint density at radius 2 is 1.89 bits per heavy atom. The average Bonchev–Trinajstić information content (AvgIpc) is 3.40. The van der Waals surface area contributed by atoms with Gasteiger partial charge in [0.2, 0.25) is 0 Å². The summed E-state index contributed by atoms with van der Waals surface area (Å²) in [5.41, 5.74) is 1.40. The Morgan fingerprint density at radius 3 is 2.58 bits per heavy atom. The van der Waals surface area contributed by atoms with Crippen LogP contribution in [-0.2, 0) is 22.6 Å². The maximum absolute atomic E-state index is 12.4. The van der Waals surface area contributed by atoms with E-state index in [1.165, 1.54) is 12.3 Å². The van der Waals surface area contributed by atoms with Crippen molar-refractivity contribution in [2.24, 2.45) is 0 Å². The molecule has 0 aliphatic rings. The Hall–Kier alpha value is -4.03. The first kappa shape index (κ1) is 26.6. The van der Waals surface area contributed by atoms with Crippen LogP contribution in [0.15, 0.2) is 69.3 Å². The number of hydrogen-bond donors (Lipinski definition) is 1. The fraction of sp³-hybridized carbons (Fsp3) is 0.222. The molecule has 0 aliphatic carbocycles. The molecular formula is C27H25BrN2O6. The lowest BCUT2D eigenvalue weighted by Gasteiger charge is -2.13. The van der Waals surface area contributed by atoms with Gasteiger partial charge in [0, 0.05) is 4.47 Å². The van der Waals surface area contributed by atoms with Crippen LogP contribution in [-0.4, -0.2) is 25.1 Å². The quantitative estimate of drug-likeness (QED) is 0.150. The molecule has 36 heavy (non-hydrogen) atoms. The highest BCUT2D eigenvalue weighted by molar-refractivity contribution is 9.10. The van der Waals surface area contributed by atoms with Crippen LogP contribution in [0.4, 0.5) is 0 Å². The summed E-state index contributed by atoms with van der Waals surface area (Å²) in [7, 11) is 0. The molecule has 0 atom stereocenters. The largest absolute Gasteiger partial charge is 0.490 e. The molecule has 9 heteroatoms. The molecule has 3 rings (SSSR count). The summed E-state index contributed by atoms with van der Waals surface area (Å²) in [5, 5.41) is 12.1. The van der Waals surface area contributed by atoms with Gasteiger partial charge in [-0.25, -0.2) is 4.79 Å². The summed E-state index contributed by atoms with van der Waals surface area (Å²) >= 11 is 3.42. The van der Waals surface area contributed by atoms with E-state index in [9.17, 15) is 14.9 Å². The Bertz CT molecular complexity index is 1280. The topological polar surface area (TPSA) is 111 Å². The van der Waals surface area contributed by atoms with E-state index in [4.69, 9.17) is 18.6 Å². The summed E-state index contributed by atoms with van der Waals surface area (Å²) in [6, 6.07) is 15.6. The maximum Gasteiger partial charge on any atom is 0.349 e. The Morgan fingerprint density at radius 1 is 1.08 bits per heavy atom. The van der Waals surface area contributed by atoms with E-state index in [0.717, 1.165) is 16.5 Å². The van der Waals surface area contributed by atoms with Gasteiger partial charge in [0.1, 0.15) is 23.2 Å². The van der Waals surface area contributed by atoms with Crippen molar-refractivity contribution in [1.82, 2.24) is 5.32 Å². The molecule has 0 saturated heterocycles. The number of rotatable bonds is 11. The predicted molar refractivity (Wildman–Crippen MR) is 136 cm³/mol. The second-order valence-corrected chi connectivity index (χ2v) is 8.36. The van der Waals surface area contributed by atoms with E-state index in [1.54, 1.807) is 43.3 Å². The lowest BCUT2D eigenvalue weighted by atomic mass is 10.1. The molecular weight excluding hydrogens is 528 g/mol. The number of nitrogens with zero attached hydrogens (tertiary/aromatic N) is 1. The van der Waals surface area contributed by atoms with E-state index >= 15 is 0 Å². The van der Waals surface area contributed by atoms with Crippen LogP contribution in [0.25, 0.3) is 6.08 Å². The number of amides is 1. The van der Waals surface area contributed by atoms with Gasteiger partial charge in [-0.15, -0.1) is 0 Å². The fourth-order valence-corrected chi connectivity index (χ4v) is 3.62. The highest BCUT2D eigenvalue weighted by Crippen LogP contribution is 2.30. The molecule has 186 valence electrons. The number of ether oxygens (including phenoxy) is 3. The first-order chi connectivity index (χ1) is 17.4. The Balaban J connectivity index is 1.68. The van der Waals surface area contributed by atoms with Crippen molar-refractivity contribution in [3.63, 3.8) is 0 Å². The first-order valence-corrected chi connectivity index (χ1v) is 12.0. The second-order valence-electron chi connectivity index (χ2n) is 7.44. The van der Waals surface area contributed by atoms with Crippen molar-refractivity contribution in [2.75, 3.05) is 13.2 Å². The minimum absolute atomic E-state index is 0.0941. The van der Waals surface area contributed by atoms with Gasteiger partial charge in [-0.3, -0.25) is 4.79 Å². The lowest BCUT2D eigenvalue weighted by molar-refractivity contribution is -0.136. The summed E-state index contributed by atoms with van der Waals surface area (Å²) in [4.78, 5) is 24.8. The molecule has 0 spiro atoms. The number of aryl methyl sites for hydroxylation is 1. The number of carbonyl (C=O) groups is 2. The van der Waals surface area contributed by atoms with Crippen molar-refractivity contribution in [2.45, 2.75) is 26.8 Å². The standard InChI is InChI=1S/C27H25BrN2O6/c1-3-19-14-21(28)8-10-23(19)35-17-26(31)36-24-9-7-18(13-25(24)33-4-2)12-20(15-29)27(32)30-16-22-6-5-11-34-22/h5-14H,3-4,16-17H2,1-2H3,(H,30,32)/b20-12+. The van der Waals surface area contributed by atoms with Crippen LogP contribution >= 0.6 is 15.9 Å². The van der Waals surface area contributed by atoms with Gasteiger partial charge >= 0.3 is 5.97 Å². The summed E-state index contributed by atoms with van der Waals surface area (Å²) in [6.45, 7) is 3.99. The van der Waals surface area contributed by atoms with E-state index in [0.29, 0.717) is 29.4 Å². The Kier molecular flexibility index (Phi) is 9.72. The average molecular weight is 553 g/mol. The summed E-state index contributed by atoms with van der Waals surface area (Å²) in [5.74, 6) is 0.539. The number of benzene rings is 2. The number of halogens is 1. The van der Waals surface area contributed by atoms with E-state index in [1.807, 2.05) is 25.1 Å². The smallest absolute Gasteiger partial charge is 0.349 e. The fourth-order valence-electron chi connectivity index (χ4n) is 3.21. The van der Waals surface area contributed by atoms with Gasteiger partial charge in [-0.1, -0.05) is 28.9 Å². The molecule has 0 unspecified atom stereocenters. The van der Waals surface area contributed by atoms with E-state index in [-0.39, 0.29) is 24.5 Å². The molecule has 0 saturated carbocycles. The number of esters is 1. The van der Waals surface area contributed by atoms with Crippen molar-refractivity contribution < 1.29 is 28.2 Å². The summed E-state index contributed by atoms with van der Waals surface area (Å²) < 4.78 is 22.8. The SMILES string of the molecule is CCOc1cc(/C=C(\C#N)C(=O)NCc2ccco2)ccc1OC(=O)COc1ccc(Br)cc1CC. The molecule has 3 aromatic rings. The molecule has 0 bridgehead atoms. The highest BCUT2D eigenvalue weighted by atomic mass is 79.9. The normalized spacial score (nSPS) is 10.9. The number of hydrogen-bond acceptors (Lipinski definition) is 7. The second kappa shape index (κ2) is 13.2. The molecule has 1 N–H and O–H groups in total. The van der Waals surface area contributed by atoms with Crippen molar-refractivity contribution in [3.05, 3.63) is 81.7 Å². The molecule has 0 radical (unpaired) electrons. The van der Waals surface area contributed by atoms with Gasteiger partial charge in [0.15, 0.2) is 18.1 Å². The maximum atomic E-state index is 12.4. The molecule has 0 fully saturated rings. The molecule has 1 aromatic heterocycles. The lowest BCUT2D eigenvalue weighted by Crippen LogP contribution is -2.23. The zero-order valence-corrected chi connectivity index (χ0v) is 21.5. The number of nitrogens with one attached hydrogen (secondary N) is 1. The minimum atomic E-state index is -0.598. The molecule has 1 heterocycles. The van der Waals surface area contributed by atoms with Gasteiger partial charge in [0.05, 0.1) is 19.4 Å². The van der Waals surface area contributed by atoms with E-state index in [2.05, 4.69) is 21.2 Å². The van der Waals surface area contributed by atoms with Crippen molar-refractivity contribution in [3.8, 4) is 23.3 Å². The molecule has 0 aliphatic heterocycles. The zero-order valence-electron chi connectivity index (χ0n) is 19.9. The van der Waals surface area contributed by atoms with Crippen LogP contribution in [0.2, 0.25) is 0 Å². The number of carbonyl (C=O) groups excluding carboxylic acids is 2. The molecule has 8 nitrogen and oxygen atoms in total. The first-order valence-electron chi connectivity index (χ1n) is 11.2. The van der Waals surface area contributed by atoms with Gasteiger partial charge in [-0.05, 0) is 73.0 Å². The van der Waals surface area contributed by atoms with Crippen LogP contribution in [0.5, 0.6) is 17.2 Å². The van der Waals surface area contributed by atoms with Gasteiger partial charge in [0.25, 0.3) is 5.91 Å². The number of nitriles is 1. The highest BCUT2D eigenvalue weighted by Gasteiger charge is 2.15. The number of furan rings is 1. The third-order valence-electron chi connectivity index (χ3n) is 4.92. The monoisotopic (exact) mass is 552 g/mol. The third-order valence-corrected chi connectivity index (χ3v) is 5.41. The predicted octanol–water partition coefficient (Wildman–Crippen LogP) is 5.21. The third kappa shape index (κ3) is 7.48.